The number of hydrogen-bond acceptors (Lipinski definition) is 6. The second-order valence-corrected chi connectivity index (χ2v) is 8.21. The van der Waals surface area contributed by atoms with Crippen molar-refractivity contribution in [3.05, 3.63) is 83.6 Å². The summed E-state index contributed by atoms with van der Waals surface area (Å²) in [5.41, 5.74) is 2.94. The van der Waals surface area contributed by atoms with Gasteiger partial charge in [-0.2, -0.15) is 0 Å². The van der Waals surface area contributed by atoms with Crippen LogP contribution in [-0.2, 0) is 0 Å². The van der Waals surface area contributed by atoms with Gasteiger partial charge in [0, 0.05) is 44.1 Å². The van der Waals surface area contributed by atoms with Gasteiger partial charge in [-0.05, 0) is 61.1 Å². The van der Waals surface area contributed by atoms with E-state index in [4.69, 9.17) is 4.74 Å². The summed E-state index contributed by atoms with van der Waals surface area (Å²) in [5.74, 6) is 1.06. The normalized spacial score (nSPS) is 16.1. The molecule has 0 saturated carbocycles. The summed E-state index contributed by atoms with van der Waals surface area (Å²) in [6.45, 7) is 1.85. The van der Waals surface area contributed by atoms with Crippen molar-refractivity contribution in [3.8, 4) is 5.75 Å². The Morgan fingerprint density at radius 1 is 1.06 bits per heavy atom. The Morgan fingerprint density at radius 3 is 2.59 bits per heavy atom. The second kappa shape index (κ2) is 10.4. The van der Waals surface area contributed by atoms with Crippen LogP contribution in [0.5, 0.6) is 5.75 Å². The average Bonchev–Trinajstić information content (AvgIpc) is 2.89. The van der Waals surface area contributed by atoms with Gasteiger partial charge >= 0.3 is 0 Å². The van der Waals surface area contributed by atoms with Crippen LogP contribution in [0.15, 0.2) is 66.9 Å². The van der Waals surface area contributed by atoms with Gasteiger partial charge in [-0.1, -0.05) is 12.1 Å². The van der Waals surface area contributed by atoms with Crippen LogP contribution < -0.4 is 15.4 Å². The number of carbonyl (C=O) groups excluding carboxylic acids is 2. The van der Waals surface area contributed by atoms with Crippen molar-refractivity contribution in [1.29, 1.82) is 0 Å². The molecule has 34 heavy (non-hydrogen) atoms. The Balaban J connectivity index is 1.55. The number of hydrogen-bond donors (Lipinski definition) is 2. The molecule has 1 aliphatic rings. The van der Waals surface area contributed by atoms with Gasteiger partial charge < -0.3 is 20.3 Å². The standard InChI is InChI=1S/C26H29N5O3/c1-27-25(32)19-7-4-6-18(16-19)23-17-31(15-14-30(23)2)26(33)22-8-5-13-28-24(22)29-20-9-11-21(34-3)12-10-20/h4-13,16,23H,14-15,17H2,1-3H3,(H,27,32)(H,28,29). The molecule has 1 unspecified atom stereocenters. The maximum atomic E-state index is 13.6. The van der Waals surface area contributed by atoms with Gasteiger partial charge in [-0.3, -0.25) is 14.5 Å². The lowest BCUT2D eigenvalue weighted by atomic mass is 9.99. The third-order valence-corrected chi connectivity index (χ3v) is 6.09. The van der Waals surface area contributed by atoms with Gasteiger partial charge in [-0.25, -0.2) is 4.98 Å². The van der Waals surface area contributed by atoms with E-state index in [1.54, 1.807) is 38.6 Å². The molecule has 1 atom stereocenters. The molecule has 1 aromatic heterocycles. The molecule has 4 rings (SSSR count). The van der Waals surface area contributed by atoms with E-state index in [1.807, 2.05) is 54.4 Å². The molecule has 0 aliphatic carbocycles. The molecule has 3 aromatic rings. The Bertz CT molecular complexity index is 1170. The zero-order chi connectivity index (χ0) is 24.1. The fraction of sp³-hybridized carbons (Fsp3) is 0.269. The number of pyridine rings is 1. The first-order chi connectivity index (χ1) is 16.5. The topological polar surface area (TPSA) is 86.8 Å². The molecular weight excluding hydrogens is 430 g/mol. The highest BCUT2D eigenvalue weighted by molar-refractivity contribution is 5.99. The largest absolute Gasteiger partial charge is 0.497 e. The lowest BCUT2D eigenvalue weighted by molar-refractivity contribution is 0.0546. The number of piperazine rings is 1. The van der Waals surface area contributed by atoms with Gasteiger partial charge in [-0.15, -0.1) is 0 Å². The van der Waals surface area contributed by atoms with E-state index < -0.39 is 0 Å². The maximum Gasteiger partial charge on any atom is 0.257 e. The number of amides is 2. The zero-order valence-corrected chi connectivity index (χ0v) is 19.6. The third-order valence-electron chi connectivity index (χ3n) is 6.09. The number of likely N-dealkylation sites (N-methyl/N-ethyl adjacent to an activating group) is 1. The van der Waals surface area contributed by atoms with Crippen molar-refractivity contribution in [2.75, 3.05) is 46.2 Å². The van der Waals surface area contributed by atoms with E-state index in [1.165, 1.54) is 0 Å². The van der Waals surface area contributed by atoms with E-state index in [0.29, 0.717) is 30.0 Å². The molecule has 176 valence electrons. The highest BCUT2D eigenvalue weighted by Gasteiger charge is 2.30. The predicted octanol–water partition coefficient (Wildman–Crippen LogP) is 3.32. The SMILES string of the molecule is CNC(=O)c1cccc(C2CN(C(=O)c3cccnc3Nc3ccc(OC)cc3)CCN2C)c1. The molecular formula is C26H29N5O3. The summed E-state index contributed by atoms with van der Waals surface area (Å²) in [7, 11) is 5.28. The highest BCUT2D eigenvalue weighted by Crippen LogP contribution is 2.28. The molecule has 2 amide bonds. The van der Waals surface area contributed by atoms with E-state index in [2.05, 4.69) is 20.5 Å². The molecule has 1 aliphatic heterocycles. The number of anilines is 2. The lowest BCUT2D eigenvalue weighted by Gasteiger charge is -2.40. The number of aromatic nitrogens is 1. The summed E-state index contributed by atoms with van der Waals surface area (Å²) >= 11 is 0. The summed E-state index contributed by atoms with van der Waals surface area (Å²) in [5, 5.41) is 5.92. The summed E-state index contributed by atoms with van der Waals surface area (Å²) in [6, 6.07) is 18.6. The Morgan fingerprint density at radius 2 is 1.85 bits per heavy atom. The number of carbonyl (C=O) groups is 2. The molecule has 8 heteroatoms. The third kappa shape index (κ3) is 5.02. The predicted molar refractivity (Wildman–Crippen MR) is 132 cm³/mol. The minimum Gasteiger partial charge on any atom is -0.497 e. The van der Waals surface area contributed by atoms with Crippen molar-refractivity contribution in [1.82, 2.24) is 20.1 Å². The van der Waals surface area contributed by atoms with E-state index in [0.717, 1.165) is 23.5 Å². The van der Waals surface area contributed by atoms with Crippen LogP contribution in [0.1, 0.15) is 32.3 Å². The van der Waals surface area contributed by atoms with Gasteiger partial charge in [0.1, 0.15) is 11.6 Å². The fourth-order valence-corrected chi connectivity index (χ4v) is 4.11. The number of benzene rings is 2. The average molecular weight is 460 g/mol. The van der Waals surface area contributed by atoms with Crippen molar-refractivity contribution < 1.29 is 14.3 Å². The Hall–Kier alpha value is -3.91. The molecule has 2 aromatic carbocycles. The van der Waals surface area contributed by atoms with E-state index >= 15 is 0 Å². The summed E-state index contributed by atoms with van der Waals surface area (Å²) in [6.07, 6.45) is 1.67. The minimum absolute atomic E-state index is 0.0167. The molecule has 2 heterocycles. The number of nitrogens with zero attached hydrogens (tertiary/aromatic N) is 3. The number of rotatable bonds is 6. The Labute approximate surface area is 199 Å². The molecule has 1 fully saturated rings. The lowest BCUT2D eigenvalue weighted by Crippen LogP contribution is -2.49. The first-order valence-electron chi connectivity index (χ1n) is 11.2. The smallest absolute Gasteiger partial charge is 0.257 e. The maximum absolute atomic E-state index is 13.6. The molecule has 0 radical (unpaired) electrons. The van der Waals surface area contributed by atoms with Crippen molar-refractivity contribution in [3.63, 3.8) is 0 Å². The van der Waals surface area contributed by atoms with E-state index in [9.17, 15) is 9.59 Å². The first-order valence-corrected chi connectivity index (χ1v) is 11.2. The van der Waals surface area contributed by atoms with Crippen LogP contribution in [0.25, 0.3) is 0 Å². The summed E-state index contributed by atoms with van der Waals surface area (Å²) < 4.78 is 5.21. The molecule has 2 N–H and O–H groups in total. The number of ether oxygens (including phenoxy) is 1. The van der Waals surface area contributed by atoms with Crippen LogP contribution in [0.3, 0.4) is 0 Å². The number of nitrogens with one attached hydrogen (secondary N) is 2. The van der Waals surface area contributed by atoms with Crippen LogP contribution in [0.2, 0.25) is 0 Å². The van der Waals surface area contributed by atoms with Gasteiger partial charge in [0.15, 0.2) is 0 Å². The minimum atomic E-state index is -0.127. The van der Waals surface area contributed by atoms with Crippen molar-refractivity contribution in [2.45, 2.75) is 6.04 Å². The molecule has 1 saturated heterocycles. The van der Waals surface area contributed by atoms with Gasteiger partial charge in [0.05, 0.1) is 18.7 Å². The van der Waals surface area contributed by atoms with Crippen LogP contribution in [0, 0.1) is 0 Å². The van der Waals surface area contributed by atoms with Gasteiger partial charge in [0.25, 0.3) is 11.8 Å². The molecule has 0 spiro atoms. The Kier molecular flexibility index (Phi) is 7.08. The van der Waals surface area contributed by atoms with Crippen LogP contribution in [0.4, 0.5) is 11.5 Å². The molecule has 0 bridgehead atoms. The van der Waals surface area contributed by atoms with E-state index in [-0.39, 0.29) is 17.9 Å². The monoisotopic (exact) mass is 459 g/mol. The van der Waals surface area contributed by atoms with Crippen molar-refractivity contribution in [2.24, 2.45) is 0 Å². The van der Waals surface area contributed by atoms with Crippen molar-refractivity contribution >= 4 is 23.3 Å². The second-order valence-electron chi connectivity index (χ2n) is 8.21. The van der Waals surface area contributed by atoms with Crippen LogP contribution in [-0.4, -0.2) is 67.4 Å². The number of methoxy groups -OCH3 is 1. The molecule has 8 nitrogen and oxygen atoms in total. The van der Waals surface area contributed by atoms with Gasteiger partial charge in [0.2, 0.25) is 0 Å². The zero-order valence-electron chi connectivity index (χ0n) is 19.6. The highest BCUT2D eigenvalue weighted by atomic mass is 16.5. The quantitative estimate of drug-likeness (QED) is 0.588. The fourth-order valence-electron chi connectivity index (χ4n) is 4.11. The van der Waals surface area contributed by atoms with Crippen LogP contribution >= 0.6 is 0 Å². The summed E-state index contributed by atoms with van der Waals surface area (Å²) in [4.78, 5) is 34.1. The first kappa shape index (κ1) is 23.3.